The molecule has 17 heavy (non-hydrogen) atoms. The van der Waals surface area contributed by atoms with Gasteiger partial charge in [-0.1, -0.05) is 19.1 Å². The van der Waals surface area contributed by atoms with Crippen molar-refractivity contribution >= 4 is 11.7 Å². The zero-order valence-corrected chi connectivity index (χ0v) is 9.55. The molecule has 0 bridgehead atoms. The predicted octanol–water partition coefficient (Wildman–Crippen LogP) is 1.49. The number of carbonyl (C=O) groups excluding carboxylic acids is 1. The van der Waals surface area contributed by atoms with Crippen molar-refractivity contribution in [3.05, 3.63) is 24.3 Å². The molecule has 0 fully saturated rings. The summed E-state index contributed by atoms with van der Waals surface area (Å²) in [6, 6.07) is 8.72. The van der Waals surface area contributed by atoms with E-state index in [2.05, 4.69) is 0 Å². The van der Waals surface area contributed by atoms with Gasteiger partial charge in [0.25, 0.3) is 0 Å². The Morgan fingerprint density at radius 2 is 2.24 bits per heavy atom. The van der Waals surface area contributed by atoms with Gasteiger partial charge in [-0.05, 0) is 18.6 Å². The highest BCUT2D eigenvalue weighted by molar-refractivity contribution is 5.72. The maximum Gasteiger partial charge on any atom is 0.345 e. The molecule has 1 aromatic rings. The number of hydrogen-bond donors (Lipinski definition) is 1. The maximum atomic E-state index is 11.3. The van der Waals surface area contributed by atoms with Crippen LogP contribution in [0, 0.1) is 11.3 Å². The molecule has 5 nitrogen and oxygen atoms in total. The number of benzene rings is 1. The Morgan fingerprint density at radius 3 is 2.82 bits per heavy atom. The minimum absolute atomic E-state index is 0.258. The summed E-state index contributed by atoms with van der Waals surface area (Å²) in [6.07, 6.45) is -0.269. The molecule has 1 atom stereocenters. The van der Waals surface area contributed by atoms with Gasteiger partial charge in [0.1, 0.15) is 11.8 Å². The van der Waals surface area contributed by atoms with Crippen molar-refractivity contribution < 1.29 is 14.3 Å². The van der Waals surface area contributed by atoms with Crippen molar-refractivity contribution in [1.29, 1.82) is 5.26 Å². The molecule has 1 rings (SSSR count). The smallest absolute Gasteiger partial charge is 0.345 e. The Bertz CT molecular complexity index is 426. The van der Waals surface area contributed by atoms with E-state index in [1.807, 2.05) is 6.07 Å². The summed E-state index contributed by atoms with van der Waals surface area (Å²) in [7, 11) is 0. The van der Waals surface area contributed by atoms with Gasteiger partial charge < -0.3 is 15.2 Å². The molecule has 0 spiro atoms. The first kappa shape index (κ1) is 12.8. The molecule has 0 aliphatic rings. The first-order valence-corrected chi connectivity index (χ1v) is 5.23. The number of hydrogen-bond acceptors (Lipinski definition) is 5. The Labute approximate surface area is 99.7 Å². The zero-order valence-electron chi connectivity index (χ0n) is 9.55. The largest absolute Gasteiger partial charge is 0.480 e. The minimum Gasteiger partial charge on any atom is -0.480 e. The Balaban J connectivity index is 2.44. The summed E-state index contributed by atoms with van der Waals surface area (Å²) in [5.74, 6) is -0.156. The van der Waals surface area contributed by atoms with Crippen molar-refractivity contribution in [3.63, 3.8) is 0 Å². The number of nitrogens with zero attached hydrogens (tertiary/aromatic N) is 1. The molecule has 2 N–H and O–H groups in total. The van der Waals surface area contributed by atoms with Crippen molar-refractivity contribution in [3.8, 4) is 11.8 Å². The fourth-order valence-electron chi connectivity index (χ4n) is 1.14. The molecule has 0 radical (unpaired) electrons. The van der Waals surface area contributed by atoms with Crippen molar-refractivity contribution in [2.24, 2.45) is 0 Å². The minimum atomic E-state index is -0.723. The summed E-state index contributed by atoms with van der Waals surface area (Å²) in [5.41, 5.74) is 6.08. The standard InChI is InChI=1S/C12H14N2O3/c1-2-9(7-13)17-12(15)8-16-11-6-4-3-5-10(11)14/h3-6,9H,2,8,14H2,1H3. The van der Waals surface area contributed by atoms with Crippen LogP contribution in [0.1, 0.15) is 13.3 Å². The van der Waals surface area contributed by atoms with Crippen LogP contribution < -0.4 is 10.5 Å². The number of carbonyl (C=O) groups is 1. The average molecular weight is 234 g/mol. The lowest BCUT2D eigenvalue weighted by Crippen LogP contribution is -2.21. The zero-order chi connectivity index (χ0) is 12.7. The third-order valence-electron chi connectivity index (χ3n) is 2.05. The second-order valence-electron chi connectivity index (χ2n) is 3.34. The lowest BCUT2D eigenvalue weighted by atomic mass is 10.3. The van der Waals surface area contributed by atoms with E-state index in [0.29, 0.717) is 17.9 Å². The Hall–Kier alpha value is -2.22. The van der Waals surface area contributed by atoms with Gasteiger partial charge >= 0.3 is 5.97 Å². The monoisotopic (exact) mass is 234 g/mol. The fourth-order valence-corrected chi connectivity index (χ4v) is 1.14. The number of nitrogen functional groups attached to an aromatic ring is 1. The highest BCUT2D eigenvalue weighted by atomic mass is 16.6. The average Bonchev–Trinajstić information content (AvgIpc) is 2.35. The van der Waals surface area contributed by atoms with Crippen LogP contribution in [0.25, 0.3) is 0 Å². The number of ether oxygens (including phenoxy) is 2. The predicted molar refractivity (Wildman–Crippen MR) is 62.1 cm³/mol. The first-order chi connectivity index (χ1) is 8.17. The van der Waals surface area contributed by atoms with E-state index >= 15 is 0 Å². The molecule has 0 amide bonds. The van der Waals surface area contributed by atoms with Gasteiger partial charge in [-0.15, -0.1) is 0 Å². The SMILES string of the molecule is CCC(C#N)OC(=O)COc1ccccc1N. The summed E-state index contributed by atoms with van der Waals surface area (Å²) < 4.78 is 10.0. The summed E-state index contributed by atoms with van der Waals surface area (Å²) in [4.78, 5) is 11.3. The topological polar surface area (TPSA) is 85.3 Å². The molecule has 0 aliphatic carbocycles. The van der Waals surface area contributed by atoms with E-state index < -0.39 is 12.1 Å². The molecule has 1 aromatic carbocycles. The van der Waals surface area contributed by atoms with Crippen LogP contribution in [0.3, 0.4) is 0 Å². The number of esters is 1. The van der Waals surface area contributed by atoms with Gasteiger partial charge in [-0.2, -0.15) is 5.26 Å². The van der Waals surface area contributed by atoms with Crippen molar-refractivity contribution in [2.75, 3.05) is 12.3 Å². The Kier molecular flexibility index (Phi) is 4.82. The van der Waals surface area contributed by atoms with Gasteiger partial charge in [-0.25, -0.2) is 4.79 Å². The van der Waals surface area contributed by atoms with Gasteiger partial charge in [-0.3, -0.25) is 0 Å². The molecule has 1 unspecified atom stereocenters. The maximum absolute atomic E-state index is 11.3. The van der Waals surface area contributed by atoms with Crippen LogP contribution in [0.5, 0.6) is 5.75 Å². The van der Waals surface area contributed by atoms with Crippen LogP contribution in [-0.2, 0) is 9.53 Å². The van der Waals surface area contributed by atoms with E-state index in [4.69, 9.17) is 20.5 Å². The molecule has 0 saturated carbocycles. The number of nitriles is 1. The first-order valence-electron chi connectivity index (χ1n) is 5.23. The summed E-state index contributed by atoms with van der Waals surface area (Å²) in [5, 5.41) is 8.62. The number of para-hydroxylation sites is 2. The third kappa shape index (κ3) is 4.03. The summed E-state index contributed by atoms with van der Waals surface area (Å²) in [6.45, 7) is 1.50. The quantitative estimate of drug-likeness (QED) is 0.616. The lowest BCUT2D eigenvalue weighted by molar-refractivity contribution is -0.149. The van der Waals surface area contributed by atoms with Crippen LogP contribution >= 0.6 is 0 Å². The fraction of sp³-hybridized carbons (Fsp3) is 0.333. The number of rotatable bonds is 5. The Morgan fingerprint density at radius 1 is 1.53 bits per heavy atom. The van der Waals surface area contributed by atoms with E-state index in [9.17, 15) is 4.79 Å². The van der Waals surface area contributed by atoms with Crippen LogP contribution in [0.2, 0.25) is 0 Å². The van der Waals surface area contributed by atoms with Crippen LogP contribution in [-0.4, -0.2) is 18.7 Å². The second kappa shape index (κ2) is 6.38. The third-order valence-corrected chi connectivity index (χ3v) is 2.05. The molecule has 0 heterocycles. The van der Waals surface area contributed by atoms with Gasteiger partial charge in [0.2, 0.25) is 0 Å². The van der Waals surface area contributed by atoms with E-state index in [-0.39, 0.29) is 6.61 Å². The van der Waals surface area contributed by atoms with Crippen molar-refractivity contribution in [1.82, 2.24) is 0 Å². The van der Waals surface area contributed by atoms with Crippen LogP contribution in [0.15, 0.2) is 24.3 Å². The van der Waals surface area contributed by atoms with Crippen LogP contribution in [0.4, 0.5) is 5.69 Å². The normalized spacial score (nSPS) is 11.3. The van der Waals surface area contributed by atoms with Gasteiger partial charge in [0, 0.05) is 0 Å². The molecule has 90 valence electrons. The molecule has 0 saturated heterocycles. The van der Waals surface area contributed by atoms with E-state index in [1.54, 1.807) is 31.2 Å². The molecule has 5 heteroatoms. The van der Waals surface area contributed by atoms with E-state index in [0.717, 1.165) is 0 Å². The van der Waals surface area contributed by atoms with Crippen molar-refractivity contribution in [2.45, 2.75) is 19.4 Å². The number of anilines is 1. The highest BCUT2D eigenvalue weighted by Crippen LogP contribution is 2.19. The highest BCUT2D eigenvalue weighted by Gasteiger charge is 2.12. The lowest BCUT2D eigenvalue weighted by Gasteiger charge is -2.10. The molecular formula is C12H14N2O3. The molecule has 0 aromatic heterocycles. The molecule has 0 aliphatic heterocycles. The number of nitrogens with two attached hydrogens (primary N) is 1. The second-order valence-corrected chi connectivity index (χ2v) is 3.34. The van der Waals surface area contributed by atoms with Gasteiger partial charge in [0.05, 0.1) is 5.69 Å². The molecular weight excluding hydrogens is 220 g/mol. The van der Waals surface area contributed by atoms with Gasteiger partial charge in [0.15, 0.2) is 12.7 Å². The summed E-state index contributed by atoms with van der Waals surface area (Å²) >= 11 is 0. The van der Waals surface area contributed by atoms with E-state index in [1.165, 1.54) is 0 Å².